The van der Waals surface area contributed by atoms with E-state index in [9.17, 15) is 9.59 Å². The van der Waals surface area contributed by atoms with Crippen LogP contribution in [0.4, 0.5) is 5.69 Å². The van der Waals surface area contributed by atoms with Gasteiger partial charge < -0.3 is 14.4 Å². The van der Waals surface area contributed by atoms with Crippen molar-refractivity contribution in [1.82, 2.24) is 4.90 Å². The molecular weight excluding hydrogens is 588 g/mol. The van der Waals surface area contributed by atoms with E-state index in [1.54, 1.807) is 6.08 Å². The summed E-state index contributed by atoms with van der Waals surface area (Å²) in [4.78, 5) is 28.8. The van der Waals surface area contributed by atoms with E-state index in [0.29, 0.717) is 18.0 Å². The Kier molecular flexibility index (Phi) is 8.28. The predicted octanol–water partition coefficient (Wildman–Crippen LogP) is 6.89. The van der Waals surface area contributed by atoms with Crippen LogP contribution in [0.3, 0.4) is 0 Å². The number of carbonyl (C=O) groups is 2. The van der Waals surface area contributed by atoms with E-state index < -0.39 is 5.97 Å². The molecule has 0 bridgehead atoms. The Balaban J connectivity index is 1.41. The lowest BCUT2D eigenvalue weighted by molar-refractivity contribution is -0.140. The number of carbonyl (C=O) groups excluding carboxylic acids is 2. The lowest BCUT2D eigenvalue weighted by Gasteiger charge is -2.19. The molecule has 0 aromatic heterocycles. The van der Waals surface area contributed by atoms with Gasteiger partial charge in [-0.3, -0.25) is 14.5 Å². The number of aryl methyl sites for hydroxylation is 1. The molecule has 1 heterocycles. The molecule has 1 fully saturated rings. The van der Waals surface area contributed by atoms with E-state index in [2.05, 4.69) is 47.1 Å². The second kappa shape index (κ2) is 12.0. The number of fused-ring (bicyclic) bond motifs is 1. The molecule has 0 N–H and O–H groups in total. The smallest absolute Gasteiger partial charge is 0.325 e. The van der Waals surface area contributed by atoms with E-state index in [-0.39, 0.29) is 23.3 Å². The number of rotatable bonds is 8. The van der Waals surface area contributed by atoms with Gasteiger partial charge in [-0.15, -0.1) is 0 Å². The topological polar surface area (TPSA) is 59.1 Å². The molecular formula is C32H27BrN2O4S. The van der Waals surface area contributed by atoms with Gasteiger partial charge in [-0.05, 0) is 92.4 Å². The van der Waals surface area contributed by atoms with Crippen LogP contribution >= 0.6 is 28.1 Å². The van der Waals surface area contributed by atoms with Crippen LogP contribution in [0, 0.1) is 0 Å². The van der Waals surface area contributed by atoms with Gasteiger partial charge in [0.05, 0.1) is 17.3 Å². The highest BCUT2D eigenvalue weighted by Gasteiger charge is 2.40. The number of amides is 1. The van der Waals surface area contributed by atoms with Crippen LogP contribution in [0.15, 0.2) is 95.1 Å². The van der Waals surface area contributed by atoms with E-state index in [1.807, 2.05) is 60.7 Å². The van der Waals surface area contributed by atoms with Crippen LogP contribution in [0.5, 0.6) is 5.75 Å². The van der Waals surface area contributed by atoms with E-state index in [4.69, 9.17) is 21.7 Å². The van der Waals surface area contributed by atoms with Crippen LogP contribution in [0.2, 0.25) is 0 Å². The fourth-order valence-electron chi connectivity index (χ4n) is 4.59. The van der Waals surface area contributed by atoms with Crippen molar-refractivity contribution < 1.29 is 19.1 Å². The standard InChI is InChI=1S/C32H27BrN2O4S/c1-3-21-11-14-25(15-12-21)35-31(37)28(34(32(35)40)19-30(36)38-2)18-22-13-16-29(27(33)17-22)39-20-24-9-6-8-23-7-4-5-10-26(23)24/h4-18H,3,19-20H2,1-2H3/b28-18-. The Morgan fingerprint density at radius 3 is 2.48 bits per heavy atom. The molecule has 0 saturated carbocycles. The maximum atomic E-state index is 13.6. The largest absolute Gasteiger partial charge is 0.488 e. The predicted molar refractivity (Wildman–Crippen MR) is 165 cm³/mol. The van der Waals surface area contributed by atoms with Crippen LogP contribution < -0.4 is 9.64 Å². The molecule has 1 aliphatic heterocycles. The maximum absolute atomic E-state index is 13.6. The van der Waals surface area contributed by atoms with Gasteiger partial charge in [-0.1, -0.05) is 67.6 Å². The first-order chi connectivity index (χ1) is 19.4. The summed E-state index contributed by atoms with van der Waals surface area (Å²) in [7, 11) is 1.31. The van der Waals surface area contributed by atoms with Gasteiger partial charge in [0.1, 0.15) is 24.6 Å². The first kappa shape index (κ1) is 27.6. The number of thiocarbonyl (C=S) groups is 1. The first-order valence-corrected chi connectivity index (χ1v) is 14.0. The van der Waals surface area contributed by atoms with E-state index in [1.165, 1.54) is 16.9 Å². The molecule has 1 amide bonds. The molecule has 8 heteroatoms. The molecule has 0 radical (unpaired) electrons. The Hall–Kier alpha value is -4.01. The second-order valence-electron chi connectivity index (χ2n) is 9.25. The average molecular weight is 616 g/mol. The van der Waals surface area contributed by atoms with Crippen LogP contribution in [0.1, 0.15) is 23.6 Å². The molecule has 4 aromatic rings. The molecule has 0 aliphatic carbocycles. The van der Waals surface area contributed by atoms with Crippen molar-refractivity contribution in [2.45, 2.75) is 20.0 Å². The highest BCUT2D eigenvalue weighted by Crippen LogP contribution is 2.32. The van der Waals surface area contributed by atoms with Gasteiger partial charge in [-0.25, -0.2) is 0 Å². The number of anilines is 1. The third-order valence-electron chi connectivity index (χ3n) is 6.78. The summed E-state index contributed by atoms with van der Waals surface area (Å²) in [5.74, 6) is -0.138. The lowest BCUT2D eigenvalue weighted by Crippen LogP contribution is -2.35. The zero-order valence-corrected chi connectivity index (χ0v) is 24.5. The molecule has 5 rings (SSSR count). The number of ether oxygens (including phenoxy) is 2. The first-order valence-electron chi connectivity index (χ1n) is 12.8. The molecule has 202 valence electrons. The summed E-state index contributed by atoms with van der Waals surface area (Å²) < 4.78 is 11.7. The van der Waals surface area contributed by atoms with Crippen molar-refractivity contribution in [3.05, 3.63) is 112 Å². The van der Waals surface area contributed by atoms with Crippen LogP contribution in [0.25, 0.3) is 16.8 Å². The van der Waals surface area contributed by atoms with Crippen molar-refractivity contribution >= 4 is 67.7 Å². The summed E-state index contributed by atoms with van der Waals surface area (Å²) in [5.41, 5.74) is 3.91. The molecule has 0 unspecified atom stereocenters. The van der Waals surface area contributed by atoms with Crippen molar-refractivity contribution in [1.29, 1.82) is 0 Å². The quantitative estimate of drug-likeness (QED) is 0.122. The van der Waals surface area contributed by atoms with E-state index >= 15 is 0 Å². The summed E-state index contributed by atoms with van der Waals surface area (Å²) in [6.45, 7) is 2.30. The number of nitrogens with zero attached hydrogens (tertiary/aromatic N) is 2. The number of hydrogen-bond acceptors (Lipinski definition) is 5. The van der Waals surface area contributed by atoms with Crippen LogP contribution in [-0.4, -0.2) is 35.5 Å². The Morgan fingerprint density at radius 2 is 1.75 bits per heavy atom. The number of hydrogen-bond donors (Lipinski definition) is 0. The highest BCUT2D eigenvalue weighted by molar-refractivity contribution is 9.10. The maximum Gasteiger partial charge on any atom is 0.325 e. The molecule has 1 saturated heterocycles. The fraction of sp³-hybridized carbons (Fsp3) is 0.156. The minimum atomic E-state index is -0.498. The molecule has 4 aromatic carbocycles. The van der Waals surface area contributed by atoms with Crippen molar-refractivity contribution in [3.63, 3.8) is 0 Å². The van der Waals surface area contributed by atoms with Gasteiger partial charge in [0.15, 0.2) is 5.11 Å². The Morgan fingerprint density at radius 1 is 1.00 bits per heavy atom. The third kappa shape index (κ3) is 5.64. The number of benzene rings is 4. The Labute approximate surface area is 246 Å². The van der Waals surface area contributed by atoms with Crippen LogP contribution in [-0.2, 0) is 27.4 Å². The minimum absolute atomic E-state index is 0.177. The number of esters is 1. The van der Waals surface area contributed by atoms with Crippen molar-refractivity contribution in [2.24, 2.45) is 0 Å². The number of halogens is 1. The third-order valence-corrected chi connectivity index (χ3v) is 7.80. The van der Waals surface area contributed by atoms with Crippen molar-refractivity contribution in [3.8, 4) is 5.75 Å². The summed E-state index contributed by atoms with van der Waals surface area (Å²) >= 11 is 9.27. The summed E-state index contributed by atoms with van der Waals surface area (Å²) in [5, 5.41) is 2.54. The average Bonchev–Trinajstić information content (AvgIpc) is 3.20. The molecule has 0 spiro atoms. The molecule has 6 nitrogen and oxygen atoms in total. The zero-order chi connectivity index (χ0) is 28.2. The second-order valence-corrected chi connectivity index (χ2v) is 10.5. The van der Waals surface area contributed by atoms with Gasteiger partial charge in [-0.2, -0.15) is 0 Å². The van der Waals surface area contributed by atoms with Crippen molar-refractivity contribution in [2.75, 3.05) is 18.6 Å². The fourth-order valence-corrected chi connectivity index (χ4v) is 5.45. The molecule has 0 atom stereocenters. The number of methoxy groups -OCH3 is 1. The van der Waals surface area contributed by atoms with E-state index in [0.717, 1.165) is 38.4 Å². The highest BCUT2D eigenvalue weighted by atomic mass is 79.9. The van der Waals surface area contributed by atoms with Gasteiger partial charge >= 0.3 is 5.97 Å². The van der Waals surface area contributed by atoms with Gasteiger partial charge in [0, 0.05) is 0 Å². The summed E-state index contributed by atoms with van der Waals surface area (Å²) in [6.07, 6.45) is 2.60. The van der Waals surface area contributed by atoms with Gasteiger partial charge in [0.25, 0.3) is 5.91 Å². The normalized spacial score (nSPS) is 14.3. The monoisotopic (exact) mass is 614 g/mol. The summed E-state index contributed by atoms with van der Waals surface area (Å²) in [6, 6.07) is 27.6. The molecule has 40 heavy (non-hydrogen) atoms. The van der Waals surface area contributed by atoms with Gasteiger partial charge in [0.2, 0.25) is 0 Å². The molecule has 1 aliphatic rings. The Bertz CT molecular complexity index is 1630. The SMILES string of the molecule is CCc1ccc(N2C(=O)/C(=C/c3ccc(OCc4cccc5ccccc45)c(Br)c3)N(CC(=O)OC)C2=S)cc1. The minimum Gasteiger partial charge on any atom is -0.488 e. The zero-order valence-electron chi connectivity index (χ0n) is 22.1. The lowest BCUT2D eigenvalue weighted by atomic mass is 10.1.